The van der Waals surface area contributed by atoms with E-state index in [0.29, 0.717) is 0 Å². The highest BCUT2D eigenvalue weighted by Gasteiger charge is 2.17. The van der Waals surface area contributed by atoms with Gasteiger partial charge in [-0.25, -0.2) is 18.0 Å². The van der Waals surface area contributed by atoms with E-state index in [1.807, 2.05) is 6.07 Å². The van der Waals surface area contributed by atoms with E-state index in [1.165, 1.54) is 12.1 Å². The lowest BCUT2D eigenvalue weighted by molar-refractivity contribution is 0.0697. The number of anilines is 1. The maximum Gasteiger partial charge on any atom is 0.411 e. The van der Waals surface area contributed by atoms with Gasteiger partial charge in [-0.05, 0) is 23.8 Å². The maximum atomic E-state index is 11.8. The Morgan fingerprint density at radius 3 is 2.38 bits per heavy atom. The molecule has 0 heterocycles. The van der Waals surface area contributed by atoms with Gasteiger partial charge in [0, 0.05) is 6.26 Å². The second kappa shape index (κ2) is 7.14. The zero-order chi connectivity index (χ0) is 17.7. The Morgan fingerprint density at radius 1 is 1.12 bits per heavy atom. The summed E-state index contributed by atoms with van der Waals surface area (Å²) >= 11 is 0. The fraction of sp³-hybridized carbons (Fsp3) is 0.125. The molecule has 1 amide bonds. The molecule has 0 atom stereocenters. The Bertz CT molecular complexity index is 861. The number of hydrogen-bond acceptors (Lipinski definition) is 5. The van der Waals surface area contributed by atoms with E-state index in [9.17, 15) is 23.1 Å². The van der Waals surface area contributed by atoms with Crippen LogP contribution >= 0.6 is 0 Å². The van der Waals surface area contributed by atoms with Crippen LogP contribution < -0.4 is 5.32 Å². The van der Waals surface area contributed by atoms with E-state index in [4.69, 9.17) is 4.74 Å². The van der Waals surface area contributed by atoms with E-state index < -0.39 is 21.9 Å². The van der Waals surface area contributed by atoms with E-state index >= 15 is 0 Å². The van der Waals surface area contributed by atoms with Crippen LogP contribution in [0.4, 0.5) is 10.5 Å². The zero-order valence-corrected chi connectivity index (χ0v) is 13.5. The molecule has 8 heteroatoms. The predicted octanol–water partition coefficient (Wildman–Crippen LogP) is 2.54. The lowest BCUT2D eigenvalue weighted by Crippen LogP contribution is -2.16. The molecule has 0 radical (unpaired) electrons. The van der Waals surface area contributed by atoms with Crippen LogP contribution in [0.5, 0.6) is 0 Å². The minimum Gasteiger partial charge on any atom is -0.478 e. The van der Waals surface area contributed by atoms with Crippen molar-refractivity contribution in [1.29, 1.82) is 0 Å². The molecule has 2 N–H and O–H groups in total. The molecule has 2 aromatic rings. The van der Waals surface area contributed by atoms with Crippen molar-refractivity contribution in [2.24, 2.45) is 0 Å². The van der Waals surface area contributed by atoms with Crippen molar-refractivity contribution in [1.82, 2.24) is 0 Å². The van der Waals surface area contributed by atoms with Gasteiger partial charge in [-0.1, -0.05) is 30.3 Å². The third-order valence-corrected chi connectivity index (χ3v) is 4.21. The Hall–Kier alpha value is -2.87. The number of benzene rings is 2. The second-order valence-corrected chi connectivity index (χ2v) is 6.99. The molecule has 0 aliphatic carbocycles. The van der Waals surface area contributed by atoms with Gasteiger partial charge in [-0.2, -0.15) is 0 Å². The number of carboxylic acids is 1. The van der Waals surface area contributed by atoms with Crippen molar-refractivity contribution >= 4 is 27.6 Å². The van der Waals surface area contributed by atoms with Crippen LogP contribution in [-0.2, 0) is 21.2 Å². The van der Waals surface area contributed by atoms with Crippen molar-refractivity contribution in [3.8, 4) is 0 Å². The third-order valence-electron chi connectivity index (χ3n) is 3.10. The summed E-state index contributed by atoms with van der Waals surface area (Å²) in [5.41, 5.74) is 0.390. The number of hydrogen-bond donors (Lipinski definition) is 2. The molecule has 126 valence electrons. The van der Waals surface area contributed by atoms with E-state index in [2.05, 4.69) is 5.32 Å². The van der Waals surface area contributed by atoms with Gasteiger partial charge in [0.1, 0.15) is 6.61 Å². The van der Waals surface area contributed by atoms with Crippen LogP contribution in [0.2, 0.25) is 0 Å². The average Bonchev–Trinajstić information content (AvgIpc) is 2.53. The second-order valence-electron chi connectivity index (χ2n) is 4.97. The number of rotatable bonds is 5. The minimum atomic E-state index is -3.56. The molecular weight excluding hydrogens is 334 g/mol. The standard InChI is InChI=1S/C16H15NO6S/c1-24(21,22)12-7-8-14(13(9-12)15(18)19)17-16(20)23-10-11-5-3-2-4-6-11/h2-9H,10H2,1H3,(H,17,20)(H,18,19). The maximum absolute atomic E-state index is 11.8. The SMILES string of the molecule is CS(=O)(=O)c1ccc(NC(=O)OCc2ccccc2)c(C(=O)O)c1. The normalized spacial score (nSPS) is 10.9. The van der Waals surface area contributed by atoms with Gasteiger partial charge in [0.25, 0.3) is 0 Å². The molecule has 2 aromatic carbocycles. The monoisotopic (exact) mass is 349 g/mol. The quantitative estimate of drug-likeness (QED) is 0.858. The lowest BCUT2D eigenvalue weighted by Gasteiger charge is -2.10. The van der Waals surface area contributed by atoms with Crippen LogP contribution in [0.25, 0.3) is 0 Å². The van der Waals surface area contributed by atoms with Gasteiger partial charge < -0.3 is 9.84 Å². The van der Waals surface area contributed by atoms with Gasteiger partial charge in [0.2, 0.25) is 0 Å². The summed E-state index contributed by atoms with van der Waals surface area (Å²) in [6.07, 6.45) is 0.128. The number of carbonyl (C=O) groups excluding carboxylic acids is 1. The number of aromatic carboxylic acids is 1. The topological polar surface area (TPSA) is 110 Å². The first-order valence-electron chi connectivity index (χ1n) is 6.82. The third kappa shape index (κ3) is 4.56. The number of sulfone groups is 1. The molecule has 0 saturated heterocycles. The summed E-state index contributed by atoms with van der Waals surface area (Å²) in [5.74, 6) is -1.36. The molecule has 0 spiro atoms. The summed E-state index contributed by atoms with van der Waals surface area (Å²) < 4.78 is 28.0. The lowest BCUT2D eigenvalue weighted by atomic mass is 10.2. The first kappa shape index (κ1) is 17.5. The predicted molar refractivity (Wildman–Crippen MR) is 86.8 cm³/mol. The number of ether oxygens (including phenoxy) is 1. The van der Waals surface area contributed by atoms with E-state index in [0.717, 1.165) is 17.9 Å². The minimum absolute atomic E-state index is 0.0243. The Balaban J connectivity index is 2.13. The summed E-state index contributed by atoms with van der Waals surface area (Å²) in [6, 6.07) is 12.4. The van der Waals surface area contributed by atoms with E-state index in [-0.39, 0.29) is 22.8 Å². The van der Waals surface area contributed by atoms with Crippen LogP contribution in [-0.4, -0.2) is 31.8 Å². The highest BCUT2D eigenvalue weighted by molar-refractivity contribution is 7.90. The molecule has 24 heavy (non-hydrogen) atoms. The smallest absolute Gasteiger partial charge is 0.411 e. The molecule has 0 bridgehead atoms. The number of carbonyl (C=O) groups is 2. The number of nitrogens with one attached hydrogen (secondary N) is 1. The molecule has 0 fully saturated rings. The van der Waals surface area contributed by atoms with Gasteiger partial charge in [-0.15, -0.1) is 0 Å². The highest BCUT2D eigenvalue weighted by Crippen LogP contribution is 2.21. The highest BCUT2D eigenvalue weighted by atomic mass is 32.2. The van der Waals surface area contributed by atoms with Gasteiger partial charge in [0.05, 0.1) is 16.1 Å². The van der Waals surface area contributed by atoms with Crippen molar-refractivity contribution in [3.63, 3.8) is 0 Å². The molecule has 0 aromatic heterocycles. The van der Waals surface area contributed by atoms with Crippen molar-refractivity contribution < 1.29 is 27.9 Å². The first-order valence-corrected chi connectivity index (χ1v) is 8.71. The van der Waals surface area contributed by atoms with Crippen molar-refractivity contribution in [3.05, 3.63) is 59.7 Å². The van der Waals surface area contributed by atoms with E-state index in [1.54, 1.807) is 24.3 Å². The fourth-order valence-electron chi connectivity index (χ4n) is 1.91. The van der Waals surface area contributed by atoms with Crippen LogP contribution in [0.15, 0.2) is 53.4 Å². The largest absolute Gasteiger partial charge is 0.478 e. The van der Waals surface area contributed by atoms with Gasteiger partial charge >= 0.3 is 12.1 Å². The molecular formula is C16H15NO6S. The van der Waals surface area contributed by atoms with Crippen LogP contribution in [0.1, 0.15) is 15.9 Å². The molecule has 7 nitrogen and oxygen atoms in total. The Morgan fingerprint density at radius 2 is 1.79 bits per heavy atom. The van der Waals surface area contributed by atoms with Gasteiger partial charge in [0.15, 0.2) is 9.84 Å². The summed E-state index contributed by atoms with van der Waals surface area (Å²) in [4.78, 5) is 22.9. The number of amides is 1. The number of carboxylic acid groups (broad SMARTS) is 1. The average molecular weight is 349 g/mol. The summed E-state index contributed by atoms with van der Waals surface area (Å²) in [5, 5.41) is 11.5. The zero-order valence-electron chi connectivity index (χ0n) is 12.7. The Labute approximate surface area is 138 Å². The summed E-state index contributed by atoms with van der Waals surface area (Å²) in [6.45, 7) is 0.0243. The first-order chi connectivity index (χ1) is 11.3. The molecule has 0 saturated carbocycles. The van der Waals surface area contributed by atoms with Crippen molar-refractivity contribution in [2.45, 2.75) is 11.5 Å². The molecule has 0 aliphatic heterocycles. The van der Waals surface area contributed by atoms with Crippen LogP contribution in [0, 0.1) is 0 Å². The molecule has 2 rings (SSSR count). The van der Waals surface area contributed by atoms with Gasteiger partial charge in [-0.3, -0.25) is 5.32 Å². The molecule has 0 aliphatic rings. The summed E-state index contributed by atoms with van der Waals surface area (Å²) in [7, 11) is -3.56. The fourth-order valence-corrected chi connectivity index (χ4v) is 2.56. The van der Waals surface area contributed by atoms with Crippen molar-refractivity contribution in [2.75, 3.05) is 11.6 Å². The van der Waals surface area contributed by atoms with Crippen LogP contribution in [0.3, 0.4) is 0 Å². The Kier molecular flexibility index (Phi) is 5.20. The molecule has 0 unspecified atom stereocenters.